The Kier molecular flexibility index (Phi) is 7.93. The largest absolute Gasteiger partial charge is 0.311 e. The molecule has 0 aromatic rings. The van der Waals surface area contributed by atoms with Crippen LogP contribution in [0.4, 0.5) is 8.78 Å². The average Bonchev–Trinajstić information content (AvgIpc) is 2.17. The van der Waals surface area contributed by atoms with Gasteiger partial charge in [0.05, 0.1) is 6.54 Å². The number of halogens is 2. The van der Waals surface area contributed by atoms with E-state index in [-0.39, 0.29) is 6.54 Å². The minimum Gasteiger partial charge on any atom is -0.311 e. The third-order valence-corrected chi connectivity index (χ3v) is 3.14. The molecule has 92 valence electrons. The SMILES string of the molecule is CCCC(C)(CC)CCCNCC(F)F. The van der Waals surface area contributed by atoms with Crippen LogP contribution in [0.3, 0.4) is 0 Å². The van der Waals surface area contributed by atoms with Crippen molar-refractivity contribution in [3.63, 3.8) is 0 Å². The van der Waals surface area contributed by atoms with Crippen LogP contribution < -0.4 is 5.32 Å². The summed E-state index contributed by atoms with van der Waals surface area (Å²) in [5.41, 5.74) is 0.404. The van der Waals surface area contributed by atoms with E-state index in [9.17, 15) is 8.78 Å². The Labute approximate surface area is 92.6 Å². The molecule has 1 nitrogen and oxygen atoms in total. The van der Waals surface area contributed by atoms with E-state index in [1.807, 2.05) is 0 Å². The summed E-state index contributed by atoms with van der Waals surface area (Å²) in [6, 6.07) is 0. The van der Waals surface area contributed by atoms with E-state index >= 15 is 0 Å². The molecule has 0 aliphatic rings. The maximum atomic E-state index is 11.8. The molecule has 0 aliphatic carbocycles. The first kappa shape index (κ1) is 14.8. The van der Waals surface area contributed by atoms with Crippen molar-refractivity contribution in [2.24, 2.45) is 5.41 Å². The fraction of sp³-hybridized carbons (Fsp3) is 1.00. The maximum Gasteiger partial charge on any atom is 0.250 e. The molecule has 1 unspecified atom stereocenters. The van der Waals surface area contributed by atoms with Crippen molar-refractivity contribution in [1.29, 1.82) is 0 Å². The van der Waals surface area contributed by atoms with Gasteiger partial charge in [0.2, 0.25) is 0 Å². The smallest absolute Gasteiger partial charge is 0.250 e. The van der Waals surface area contributed by atoms with E-state index < -0.39 is 6.43 Å². The minimum atomic E-state index is -2.22. The highest BCUT2D eigenvalue weighted by molar-refractivity contribution is 4.72. The average molecular weight is 221 g/mol. The predicted octanol–water partition coefficient (Wildman–Crippen LogP) is 3.84. The topological polar surface area (TPSA) is 12.0 Å². The molecule has 0 amide bonds. The quantitative estimate of drug-likeness (QED) is 0.583. The van der Waals surface area contributed by atoms with E-state index in [4.69, 9.17) is 0 Å². The molecule has 0 aromatic carbocycles. The Balaban J connectivity index is 3.54. The van der Waals surface area contributed by atoms with Gasteiger partial charge in [-0.25, -0.2) is 8.78 Å². The van der Waals surface area contributed by atoms with Crippen molar-refractivity contribution in [3.8, 4) is 0 Å². The van der Waals surface area contributed by atoms with Gasteiger partial charge in [0.25, 0.3) is 6.43 Å². The Hall–Kier alpha value is -0.180. The Morgan fingerprint density at radius 1 is 1.20 bits per heavy atom. The first-order valence-corrected chi connectivity index (χ1v) is 6.03. The Bertz CT molecular complexity index is 151. The lowest BCUT2D eigenvalue weighted by Crippen LogP contribution is -2.24. The van der Waals surface area contributed by atoms with Crippen LogP contribution in [0.2, 0.25) is 0 Å². The molecule has 0 saturated carbocycles. The van der Waals surface area contributed by atoms with Crippen LogP contribution in [-0.4, -0.2) is 19.5 Å². The molecule has 0 radical (unpaired) electrons. The zero-order valence-electron chi connectivity index (χ0n) is 10.3. The highest BCUT2D eigenvalue weighted by atomic mass is 19.3. The number of alkyl halides is 2. The molecule has 0 bridgehead atoms. The fourth-order valence-electron chi connectivity index (χ4n) is 1.93. The van der Waals surface area contributed by atoms with Crippen LogP contribution in [0.15, 0.2) is 0 Å². The van der Waals surface area contributed by atoms with E-state index in [0.717, 1.165) is 12.8 Å². The third-order valence-electron chi connectivity index (χ3n) is 3.14. The summed E-state index contributed by atoms with van der Waals surface area (Å²) in [6.07, 6.45) is 3.52. The summed E-state index contributed by atoms with van der Waals surface area (Å²) in [7, 11) is 0. The molecule has 15 heavy (non-hydrogen) atoms. The Morgan fingerprint density at radius 3 is 2.33 bits per heavy atom. The summed E-state index contributed by atoms with van der Waals surface area (Å²) in [4.78, 5) is 0. The molecule has 0 rings (SSSR count). The molecule has 1 atom stereocenters. The second-order valence-corrected chi connectivity index (χ2v) is 4.61. The lowest BCUT2D eigenvalue weighted by molar-refractivity contribution is 0.145. The maximum absolute atomic E-state index is 11.8. The summed E-state index contributed by atoms with van der Waals surface area (Å²) in [6.45, 7) is 7.25. The van der Waals surface area contributed by atoms with Gasteiger partial charge in [0, 0.05) is 0 Å². The lowest BCUT2D eigenvalue weighted by Gasteiger charge is -2.27. The second-order valence-electron chi connectivity index (χ2n) is 4.61. The summed E-state index contributed by atoms with van der Waals surface area (Å²) in [5.74, 6) is 0. The van der Waals surface area contributed by atoms with Crippen molar-refractivity contribution < 1.29 is 8.78 Å². The van der Waals surface area contributed by atoms with Crippen molar-refractivity contribution >= 4 is 0 Å². The van der Waals surface area contributed by atoms with Crippen LogP contribution in [0.25, 0.3) is 0 Å². The van der Waals surface area contributed by atoms with Gasteiger partial charge in [0.1, 0.15) is 0 Å². The van der Waals surface area contributed by atoms with Gasteiger partial charge in [-0.1, -0.05) is 33.6 Å². The van der Waals surface area contributed by atoms with Gasteiger partial charge in [-0.2, -0.15) is 0 Å². The number of hydrogen-bond acceptors (Lipinski definition) is 1. The van der Waals surface area contributed by atoms with Gasteiger partial charge < -0.3 is 5.32 Å². The van der Waals surface area contributed by atoms with Gasteiger partial charge >= 0.3 is 0 Å². The van der Waals surface area contributed by atoms with Gasteiger partial charge in [0.15, 0.2) is 0 Å². The van der Waals surface area contributed by atoms with E-state index in [1.54, 1.807) is 0 Å². The zero-order chi connectivity index (χ0) is 11.7. The molecule has 0 aromatic heterocycles. The molecule has 0 fully saturated rings. The van der Waals surface area contributed by atoms with Crippen molar-refractivity contribution in [2.75, 3.05) is 13.1 Å². The first-order chi connectivity index (χ1) is 7.04. The van der Waals surface area contributed by atoms with E-state index in [1.165, 1.54) is 19.3 Å². The molecule has 1 N–H and O–H groups in total. The summed E-state index contributed by atoms with van der Waals surface area (Å²) in [5, 5.41) is 2.77. The highest BCUT2D eigenvalue weighted by Crippen LogP contribution is 2.32. The first-order valence-electron chi connectivity index (χ1n) is 6.03. The molecule has 0 saturated heterocycles. The number of rotatable bonds is 9. The van der Waals surface area contributed by atoms with Crippen molar-refractivity contribution in [2.45, 2.75) is 59.3 Å². The fourth-order valence-corrected chi connectivity index (χ4v) is 1.93. The second kappa shape index (κ2) is 8.03. The predicted molar refractivity (Wildman–Crippen MR) is 61.4 cm³/mol. The monoisotopic (exact) mass is 221 g/mol. The molecular weight excluding hydrogens is 196 g/mol. The zero-order valence-corrected chi connectivity index (χ0v) is 10.3. The van der Waals surface area contributed by atoms with Crippen LogP contribution >= 0.6 is 0 Å². The Morgan fingerprint density at radius 2 is 1.87 bits per heavy atom. The van der Waals surface area contributed by atoms with Gasteiger partial charge in [-0.3, -0.25) is 0 Å². The molecule has 0 aliphatic heterocycles. The molecular formula is C12H25F2N. The summed E-state index contributed by atoms with van der Waals surface area (Å²) < 4.78 is 23.6. The standard InChI is InChI=1S/C12H25F2N/c1-4-7-12(3,5-2)8-6-9-15-10-11(13)14/h11,15H,4-10H2,1-3H3. The van der Waals surface area contributed by atoms with Crippen LogP contribution in [0.5, 0.6) is 0 Å². The van der Waals surface area contributed by atoms with Gasteiger partial charge in [-0.15, -0.1) is 0 Å². The lowest BCUT2D eigenvalue weighted by atomic mass is 9.79. The number of hydrogen-bond donors (Lipinski definition) is 1. The van der Waals surface area contributed by atoms with Crippen LogP contribution in [0.1, 0.15) is 52.9 Å². The third kappa shape index (κ3) is 7.71. The van der Waals surface area contributed by atoms with Crippen LogP contribution in [-0.2, 0) is 0 Å². The molecule has 3 heteroatoms. The van der Waals surface area contributed by atoms with Crippen molar-refractivity contribution in [3.05, 3.63) is 0 Å². The van der Waals surface area contributed by atoms with Gasteiger partial charge in [-0.05, 0) is 31.2 Å². The van der Waals surface area contributed by atoms with E-state index in [2.05, 4.69) is 26.1 Å². The molecule has 0 spiro atoms. The summed E-state index contributed by atoms with van der Waals surface area (Å²) >= 11 is 0. The highest BCUT2D eigenvalue weighted by Gasteiger charge is 2.19. The van der Waals surface area contributed by atoms with E-state index in [0.29, 0.717) is 12.0 Å². The molecule has 0 heterocycles. The number of nitrogens with one attached hydrogen (secondary N) is 1. The normalized spacial score (nSPS) is 15.6. The van der Waals surface area contributed by atoms with Crippen LogP contribution in [0, 0.1) is 5.41 Å². The minimum absolute atomic E-state index is 0.170. The van der Waals surface area contributed by atoms with Crippen molar-refractivity contribution in [1.82, 2.24) is 5.32 Å².